The van der Waals surface area contributed by atoms with Gasteiger partial charge in [-0.1, -0.05) is 30.3 Å². The fraction of sp³-hybridized carbons (Fsp3) is 0.0500. The van der Waals surface area contributed by atoms with Gasteiger partial charge in [0.15, 0.2) is 0 Å². The molecule has 4 rings (SSSR count). The molecule has 0 aliphatic rings. The number of benzene rings is 3. The molecule has 1 amide bonds. The highest BCUT2D eigenvalue weighted by molar-refractivity contribution is 6.08. The molecular formula is C20H14N4O6. The lowest BCUT2D eigenvalue weighted by Gasteiger charge is -2.09. The number of hydrogen-bond acceptors (Lipinski definition) is 7. The molecule has 0 atom stereocenters. The summed E-state index contributed by atoms with van der Waals surface area (Å²) >= 11 is 0. The molecule has 0 spiro atoms. The van der Waals surface area contributed by atoms with E-state index in [9.17, 15) is 25.0 Å². The van der Waals surface area contributed by atoms with Gasteiger partial charge in [-0.15, -0.1) is 0 Å². The number of amides is 1. The van der Waals surface area contributed by atoms with Crippen LogP contribution >= 0.6 is 0 Å². The van der Waals surface area contributed by atoms with E-state index in [1.165, 1.54) is 6.26 Å². The standard InChI is InChI=1S/C20H14N4O6/c25-19(22-21-16-7-6-14(23(26)27)10-17(16)24(28)29)9-13-11-30-18-8-5-12-3-1-2-4-15(12)20(13)18/h1-8,10-11,21H,9H2,(H,22,25). The number of hydrazine groups is 1. The minimum Gasteiger partial charge on any atom is -0.464 e. The van der Waals surface area contributed by atoms with Crippen molar-refractivity contribution in [3.63, 3.8) is 0 Å². The van der Waals surface area contributed by atoms with Crippen LogP contribution in [-0.4, -0.2) is 15.8 Å². The third kappa shape index (κ3) is 3.49. The van der Waals surface area contributed by atoms with E-state index in [2.05, 4.69) is 10.9 Å². The highest BCUT2D eigenvalue weighted by Crippen LogP contribution is 2.30. The first-order valence-corrected chi connectivity index (χ1v) is 8.79. The minimum absolute atomic E-state index is 0.0329. The molecule has 0 radical (unpaired) electrons. The molecule has 0 bridgehead atoms. The van der Waals surface area contributed by atoms with Gasteiger partial charge < -0.3 is 4.42 Å². The van der Waals surface area contributed by atoms with Crippen LogP contribution in [0.3, 0.4) is 0 Å². The van der Waals surface area contributed by atoms with E-state index in [4.69, 9.17) is 4.42 Å². The fourth-order valence-corrected chi connectivity index (χ4v) is 3.25. The molecule has 10 nitrogen and oxygen atoms in total. The molecule has 0 aliphatic heterocycles. The van der Waals surface area contributed by atoms with Gasteiger partial charge in [0.25, 0.3) is 5.69 Å². The van der Waals surface area contributed by atoms with Gasteiger partial charge in [-0.25, -0.2) is 0 Å². The van der Waals surface area contributed by atoms with Crippen molar-refractivity contribution in [2.24, 2.45) is 0 Å². The normalized spacial score (nSPS) is 10.8. The molecule has 4 aromatic rings. The van der Waals surface area contributed by atoms with Crippen LogP contribution < -0.4 is 10.9 Å². The number of hydrogen-bond donors (Lipinski definition) is 2. The molecule has 150 valence electrons. The van der Waals surface area contributed by atoms with Crippen molar-refractivity contribution >= 4 is 44.7 Å². The summed E-state index contributed by atoms with van der Waals surface area (Å²) in [5.41, 5.74) is 5.15. The van der Waals surface area contributed by atoms with Gasteiger partial charge >= 0.3 is 5.69 Å². The number of nitro groups is 2. The number of carbonyl (C=O) groups excluding carboxylic acids is 1. The third-order valence-electron chi connectivity index (χ3n) is 4.62. The molecule has 0 saturated carbocycles. The Morgan fingerprint density at radius 2 is 1.80 bits per heavy atom. The molecule has 30 heavy (non-hydrogen) atoms. The van der Waals surface area contributed by atoms with Gasteiger partial charge in [-0.2, -0.15) is 0 Å². The van der Waals surface area contributed by atoms with Crippen LogP contribution in [0.25, 0.3) is 21.7 Å². The van der Waals surface area contributed by atoms with Crippen molar-refractivity contribution in [2.45, 2.75) is 6.42 Å². The maximum atomic E-state index is 12.4. The van der Waals surface area contributed by atoms with Crippen molar-refractivity contribution in [2.75, 3.05) is 5.43 Å². The van der Waals surface area contributed by atoms with Crippen LogP contribution in [0.15, 0.2) is 65.3 Å². The van der Waals surface area contributed by atoms with E-state index < -0.39 is 27.1 Å². The number of nitrogens with one attached hydrogen (secondary N) is 2. The molecule has 0 saturated heterocycles. The number of carbonyl (C=O) groups is 1. The highest BCUT2D eigenvalue weighted by Gasteiger charge is 2.20. The Hall–Kier alpha value is -4.47. The van der Waals surface area contributed by atoms with Crippen molar-refractivity contribution in [3.8, 4) is 0 Å². The summed E-state index contributed by atoms with van der Waals surface area (Å²) in [5.74, 6) is -0.460. The van der Waals surface area contributed by atoms with Crippen molar-refractivity contribution in [1.29, 1.82) is 0 Å². The zero-order chi connectivity index (χ0) is 21.3. The third-order valence-corrected chi connectivity index (χ3v) is 4.62. The van der Waals surface area contributed by atoms with Crippen molar-refractivity contribution in [3.05, 3.63) is 86.7 Å². The summed E-state index contributed by atoms with van der Waals surface area (Å²) in [4.78, 5) is 32.9. The molecule has 10 heteroatoms. The SMILES string of the molecule is O=C(Cc1coc2ccc3ccccc3c12)NNc1ccc([N+](=O)[O-])cc1[N+](=O)[O-]. The number of furan rings is 1. The number of nitrogens with zero attached hydrogens (tertiary/aromatic N) is 2. The average Bonchev–Trinajstić information content (AvgIpc) is 3.15. The number of non-ortho nitro benzene ring substituents is 1. The molecule has 0 unspecified atom stereocenters. The highest BCUT2D eigenvalue weighted by atomic mass is 16.6. The molecular weight excluding hydrogens is 392 g/mol. The van der Waals surface area contributed by atoms with E-state index in [1.807, 2.05) is 36.4 Å². The van der Waals surface area contributed by atoms with Gasteiger partial charge in [-0.3, -0.25) is 35.9 Å². The van der Waals surface area contributed by atoms with Crippen LogP contribution in [-0.2, 0) is 11.2 Å². The summed E-state index contributed by atoms with van der Waals surface area (Å²) in [6, 6.07) is 14.6. The molecule has 0 aliphatic carbocycles. The Balaban J connectivity index is 1.54. The predicted molar refractivity (Wildman–Crippen MR) is 109 cm³/mol. The van der Waals surface area contributed by atoms with Crippen LogP contribution in [0.5, 0.6) is 0 Å². The minimum atomic E-state index is -0.767. The summed E-state index contributed by atoms with van der Waals surface area (Å²) in [7, 11) is 0. The Bertz CT molecular complexity index is 1310. The van der Waals surface area contributed by atoms with Gasteiger partial charge in [0.2, 0.25) is 5.91 Å². The van der Waals surface area contributed by atoms with E-state index in [0.29, 0.717) is 11.1 Å². The average molecular weight is 406 g/mol. The first-order valence-electron chi connectivity index (χ1n) is 8.79. The lowest BCUT2D eigenvalue weighted by molar-refractivity contribution is -0.393. The van der Waals surface area contributed by atoms with Gasteiger partial charge in [-0.05, 0) is 22.9 Å². The lowest BCUT2D eigenvalue weighted by atomic mass is 10.0. The van der Waals surface area contributed by atoms with Crippen LogP contribution in [0, 0.1) is 20.2 Å². The van der Waals surface area contributed by atoms with Crippen LogP contribution in [0.4, 0.5) is 17.1 Å². The molecule has 1 aromatic heterocycles. The van der Waals surface area contributed by atoms with E-state index >= 15 is 0 Å². The number of rotatable bonds is 6. The lowest BCUT2D eigenvalue weighted by Crippen LogP contribution is -2.31. The van der Waals surface area contributed by atoms with Crippen molar-refractivity contribution < 1.29 is 19.1 Å². The van der Waals surface area contributed by atoms with Gasteiger partial charge in [0.1, 0.15) is 11.3 Å². The molecule has 3 aromatic carbocycles. The first-order chi connectivity index (χ1) is 14.4. The largest absolute Gasteiger partial charge is 0.464 e. The topological polar surface area (TPSA) is 141 Å². The van der Waals surface area contributed by atoms with E-state index in [0.717, 1.165) is 34.4 Å². The van der Waals surface area contributed by atoms with Crippen LogP contribution in [0.1, 0.15) is 5.56 Å². The molecule has 2 N–H and O–H groups in total. The summed E-state index contributed by atoms with van der Waals surface area (Å²) in [6.07, 6.45) is 1.47. The van der Waals surface area contributed by atoms with Crippen molar-refractivity contribution in [1.82, 2.24) is 5.43 Å². The van der Waals surface area contributed by atoms with Gasteiger partial charge in [0.05, 0.1) is 28.6 Å². The Kier molecular flexibility index (Phi) is 4.72. The Labute approximate surface area is 168 Å². The number of nitro benzene ring substituents is 2. The number of fused-ring (bicyclic) bond motifs is 3. The fourth-order valence-electron chi connectivity index (χ4n) is 3.25. The second-order valence-corrected chi connectivity index (χ2v) is 6.49. The summed E-state index contributed by atoms with van der Waals surface area (Å²) < 4.78 is 5.55. The first kappa shape index (κ1) is 18.9. The molecule has 0 fully saturated rings. The van der Waals surface area contributed by atoms with E-state index in [1.54, 1.807) is 0 Å². The summed E-state index contributed by atoms with van der Waals surface area (Å²) in [5, 5.41) is 24.8. The Morgan fingerprint density at radius 3 is 2.57 bits per heavy atom. The smallest absolute Gasteiger partial charge is 0.300 e. The summed E-state index contributed by atoms with van der Waals surface area (Å²) in [6.45, 7) is 0. The Morgan fingerprint density at radius 1 is 1.00 bits per heavy atom. The quantitative estimate of drug-likeness (QED) is 0.363. The maximum absolute atomic E-state index is 12.4. The second kappa shape index (κ2) is 7.51. The van der Waals surface area contributed by atoms with E-state index in [-0.39, 0.29) is 12.1 Å². The molecule has 1 heterocycles. The van der Waals surface area contributed by atoms with Gasteiger partial charge in [0, 0.05) is 17.0 Å². The van der Waals surface area contributed by atoms with Crippen LogP contribution in [0.2, 0.25) is 0 Å². The maximum Gasteiger partial charge on any atom is 0.300 e. The predicted octanol–water partition coefficient (Wildman–Crippen LogP) is 4.09. The zero-order valence-corrected chi connectivity index (χ0v) is 15.3. The number of anilines is 1. The monoisotopic (exact) mass is 406 g/mol. The zero-order valence-electron chi connectivity index (χ0n) is 15.3. The second-order valence-electron chi connectivity index (χ2n) is 6.49.